The van der Waals surface area contributed by atoms with E-state index < -0.39 is 5.97 Å². The Hall–Kier alpha value is -2.01. The van der Waals surface area contributed by atoms with Crippen molar-refractivity contribution in [2.45, 2.75) is 39.5 Å². The molecule has 0 amide bonds. The molecule has 0 spiro atoms. The maximum atomic E-state index is 10.6. The molecular weight excluding hydrogens is 318 g/mol. The first-order valence-electron chi connectivity index (χ1n) is 9.04. The molecule has 0 fully saturated rings. The monoisotopic (exact) mass is 349 g/mol. The SMILES string of the molecule is CCN(CC)CCCCCCOc1ccc(/C=C/C(=O)O)cc1OC. The van der Waals surface area contributed by atoms with Gasteiger partial charge < -0.3 is 19.5 Å². The number of carbonyl (C=O) groups is 1. The number of unbranched alkanes of at least 4 members (excludes halogenated alkanes) is 3. The van der Waals surface area contributed by atoms with E-state index in [1.165, 1.54) is 25.5 Å². The number of hydrogen-bond acceptors (Lipinski definition) is 4. The Morgan fingerprint density at radius 2 is 1.84 bits per heavy atom. The first-order chi connectivity index (χ1) is 12.1. The van der Waals surface area contributed by atoms with Crippen LogP contribution in [0.5, 0.6) is 11.5 Å². The van der Waals surface area contributed by atoms with E-state index in [9.17, 15) is 4.79 Å². The van der Waals surface area contributed by atoms with Gasteiger partial charge in [0.1, 0.15) is 0 Å². The number of nitrogens with zero attached hydrogens (tertiary/aromatic N) is 1. The third-order valence-corrected chi connectivity index (χ3v) is 4.13. The van der Waals surface area contributed by atoms with Crippen molar-refractivity contribution in [2.75, 3.05) is 33.4 Å². The minimum absolute atomic E-state index is 0.620. The molecule has 1 aromatic rings. The van der Waals surface area contributed by atoms with Crippen molar-refractivity contribution in [3.05, 3.63) is 29.8 Å². The zero-order valence-corrected chi connectivity index (χ0v) is 15.7. The number of carboxylic acid groups (broad SMARTS) is 1. The van der Waals surface area contributed by atoms with Crippen molar-refractivity contribution >= 4 is 12.0 Å². The summed E-state index contributed by atoms with van der Waals surface area (Å²) in [4.78, 5) is 13.0. The normalized spacial score (nSPS) is 11.2. The van der Waals surface area contributed by atoms with E-state index in [2.05, 4.69) is 18.7 Å². The summed E-state index contributed by atoms with van der Waals surface area (Å²) in [6.45, 7) is 8.48. The zero-order valence-electron chi connectivity index (χ0n) is 15.7. The van der Waals surface area contributed by atoms with Gasteiger partial charge in [-0.1, -0.05) is 32.8 Å². The van der Waals surface area contributed by atoms with Crippen molar-refractivity contribution < 1.29 is 19.4 Å². The Morgan fingerprint density at radius 3 is 2.48 bits per heavy atom. The van der Waals surface area contributed by atoms with Gasteiger partial charge in [-0.3, -0.25) is 0 Å². The van der Waals surface area contributed by atoms with Crippen LogP contribution in [-0.4, -0.2) is 49.3 Å². The molecule has 0 aromatic heterocycles. The van der Waals surface area contributed by atoms with Crippen LogP contribution in [0.4, 0.5) is 0 Å². The number of benzene rings is 1. The van der Waals surface area contributed by atoms with Crippen LogP contribution >= 0.6 is 0 Å². The Kier molecular flexibility index (Phi) is 10.4. The Bertz CT molecular complexity index is 538. The molecule has 5 heteroatoms. The maximum Gasteiger partial charge on any atom is 0.328 e. The van der Waals surface area contributed by atoms with E-state index in [1.54, 1.807) is 13.2 Å². The molecule has 1 aromatic carbocycles. The fourth-order valence-corrected chi connectivity index (χ4v) is 2.59. The van der Waals surface area contributed by atoms with Crippen LogP contribution in [0.15, 0.2) is 24.3 Å². The topological polar surface area (TPSA) is 59.0 Å². The highest BCUT2D eigenvalue weighted by Gasteiger charge is 2.05. The highest BCUT2D eigenvalue weighted by molar-refractivity contribution is 5.85. The van der Waals surface area contributed by atoms with E-state index in [1.807, 2.05) is 12.1 Å². The molecule has 0 aliphatic rings. The average molecular weight is 349 g/mol. The summed E-state index contributed by atoms with van der Waals surface area (Å²) in [5.41, 5.74) is 0.767. The van der Waals surface area contributed by atoms with Crippen LogP contribution in [0, 0.1) is 0 Å². The quantitative estimate of drug-likeness (QED) is 0.430. The van der Waals surface area contributed by atoms with E-state index in [-0.39, 0.29) is 0 Å². The second-order valence-electron chi connectivity index (χ2n) is 5.87. The summed E-state index contributed by atoms with van der Waals surface area (Å²) in [5, 5.41) is 8.67. The van der Waals surface area contributed by atoms with Crippen molar-refractivity contribution in [3.8, 4) is 11.5 Å². The molecular formula is C20H31NO4. The van der Waals surface area contributed by atoms with Crippen LogP contribution in [0.25, 0.3) is 6.08 Å². The van der Waals surface area contributed by atoms with Gasteiger partial charge in [0.25, 0.3) is 0 Å². The van der Waals surface area contributed by atoms with Crippen molar-refractivity contribution in [1.29, 1.82) is 0 Å². The number of aliphatic carboxylic acids is 1. The summed E-state index contributed by atoms with van der Waals surface area (Å²) in [6.07, 6.45) is 7.26. The summed E-state index contributed by atoms with van der Waals surface area (Å²) < 4.78 is 11.1. The fraction of sp³-hybridized carbons (Fsp3) is 0.550. The number of methoxy groups -OCH3 is 1. The molecule has 0 radical (unpaired) electrons. The predicted molar refractivity (Wildman–Crippen MR) is 101 cm³/mol. The second-order valence-corrected chi connectivity index (χ2v) is 5.87. The van der Waals surface area contributed by atoms with Gasteiger partial charge in [-0.2, -0.15) is 0 Å². The maximum absolute atomic E-state index is 10.6. The number of rotatable bonds is 13. The third kappa shape index (κ3) is 8.59. The van der Waals surface area contributed by atoms with Crippen LogP contribution in [-0.2, 0) is 4.79 Å². The molecule has 0 heterocycles. The van der Waals surface area contributed by atoms with Gasteiger partial charge in [0, 0.05) is 6.08 Å². The number of hydrogen-bond donors (Lipinski definition) is 1. The van der Waals surface area contributed by atoms with Gasteiger partial charge in [0.15, 0.2) is 11.5 Å². The lowest BCUT2D eigenvalue weighted by atomic mass is 10.2. The molecule has 0 saturated carbocycles. The van der Waals surface area contributed by atoms with Crippen molar-refractivity contribution in [3.63, 3.8) is 0 Å². The number of ether oxygens (including phenoxy) is 2. The van der Waals surface area contributed by atoms with E-state index in [0.29, 0.717) is 18.1 Å². The minimum Gasteiger partial charge on any atom is -0.493 e. The van der Waals surface area contributed by atoms with E-state index in [4.69, 9.17) is 14.6 Å². The molecule has 0 aliphatic carbocycles. The van der Waals surface area contributed by atoms with E-state index >= 15 is 0 Å². The van der Waals surface area contributed by atoms with E-state index in [0.717, 1.165) is 37.6 Å². The third-order valence-electron chi connectivity index (χ3n) is 4.13. The smallest absolute Gasteiger partial charge is 0.328 e. The van der Waals surface area contributed by atoms with Gasteiger partial charge in [-0.05, 0) is 56.2 Å². The summed E-state index contributed by atoms with van der Waals surface area (Å²) >= 11 is 0. The van der Waals surface area contributed by atoms with Gasteiger partial charge in [-0.15, -0.1) is 0 Å². The standard InChI is InChI=1S/C20H31NO4/c1-4-21(5-2)14-8-6-7-9-15-25-18-12-10-17(11-13-20(22)23)16-19(18)24-3/h10-13,16H,4-9,14-15H2,1-3H3,(H,22,23)/b13-11+. The largest absolute Gasteiger partial charge is 0.493 e. The molecule has 0 aliphatic heterocycles. The van der Waals surface area contributed by atoms with Gasteiger partial charge >= 0.3 is 5.97 Å². The zero-order chi connectivity index (χ0) is 18.5. The lowest BCUT2D eigenvalue weighted by molar-refractivity contribution is -0.131. The second kappa shape index (κ2) is 12.4. The average Bonchev–Trinajstić information content (AvgIpc) is 2.62. The number of carboxylic acids is 1. The lowest BCUT2D eigenvalue weighted by Crippen LogP contribution is -2.23. The summed E-state index contributed by atoms with van der Waals surface area (Å²) in [7, 11) is 1.58. The van der Waals surface area contributed by atoms with Gasteiger partial charge in [0.2, 0.25) is 0 Å². The van der Waals surface area contributed by atoms with Crippen LogP contribution in [0.1, 0.15) is 45.1 Å². The molecule has 25 heavy (non-hydrogen) atoms. The first kappa shape index (κ1) is 21.0. The van der Waals surface area contributed by atoms with Crippen molar-refractivity contribution in [2.24, 2.45) is 0 Å². The van der Waals surface area contributed by atoms with Crippen LogP contribution < -0.4 is 9.47 Å². The summed E-state index contributed by atoms with van der Waals surface area (Å²) in [5.74, 6) is 0.340. The fourth-order valence-electron chi connectivity index (χ4n) is 2.59. The Labute approximate surface area is 151 Å². The molecule has 0 saturated heterocycles. The molecule has 140 valence electrons. The van der Waals surface area contributed by atoms with Crippen molar-refractivity contribution in [1.82, 2.24) is 4.90 Å². The van der Waals surface area contributed by atoms with Gasteiger partial charge in [0.05, 0.1) is 13.7 Å². The minimum atomic E-state index is -0.972. The van der Waals surface area contributed by atoms with Crippen LogP contribution in [0.3, 0.4) is 0 Å². The van der Waals surface area contributed by atoms with Gasteiger partial charge in [-0.25, -0.2) is 4.79 Å². The highest BCUT2D eigenvalue weighted by atomic mass is 16.5. The predicted octanol–water partition coefficient (Wildman–Crippen LogP) is 4.07. The molecule has 0 atom stereocenters. The molecule has 5 nitrogen and oxygen atoms in total. The molecule has 0 bridgehead atoms. The highest BCUT2D eigenvalue weighted by Crippen LogP contribution is 2.28. The Balaban J connectivity index is 2.33. The first-order valence-corrected chi connectivity index (χ1v) is 9.04. The Morgan fingerprint density at radius 1 is 1.12 bits per heavy atom. The van der Waals surface area contributed by atoms with Crippen LogP contribution in [0.2, 0.25) is 0 Å². The molecule has 0 unspecified atom stereocenters. The molecule has 1 rings (SSSR count). The lowest BCUT2D eigenvalue weighted by Gasteiger charge is -2.17. The summed E-state index contributed by atoms with van der Waals surface area (Å²) in [6, 6.07) is 5.42. The molecule has 1 N–H and O–H groups in total.